The molecule has 0 radical (unpaired) electrons. The molecule has 0 spiro atoms. The molecule has 0 heterocycles. The van der Waals surface area contributed by atoms with Crippen LogP contribution < -0.4 is 14.8 Å². The smallest absolute Gasteiger partial charge is 0.175 e. The molecule has 0 unspecified atom stereocenters. The summed E-state index contributed by atoms with van der Waals surface area (Å²) in [6.45, 7) is 3.32. The predicted octanol–water partition coefficient (Wildman–Crippen LogP) is 7.45. The highest BCUT2D eigenvalue weighted by molar-refractivity contribution is 9.10. The van der Waals surface area contributed by atoms with Crippen molar-refractivity contribution in [2.24, 2.45) is 0 Å². The molecule has 0 aromatic heterocycles. The normalized spacial score (nSPS) is 11.9. The number of aryl methyl sites for hydroxylation is 1. The fraction of sp³-hybridized carbons (Fsp3) is 0.280. The van der Waals surface area contributed by atoms with E-state index in [1.54, 1.807) is 19.2 Å². The van der Waals surface area contributed by atoms with E-state index in [0.717, 1.165) is 35.0 Å². The van der Waals surface area contributed by atoms with Gasteiger partial charge in [0.1, 0.15) is 6.61 Å². The van der Waals surface area contributed by atoms with Gasteiger partial charge in [-0.15, -0.1) is 0 Å². The van der Waals surface area contributed by atoms with Crippen LogP contribution in [-0.4, -0.2) is 13.2 Å². The van der Waals surface area contributed by atoms with Crippen molar-refractivity contribution in [3.05, 3.63) is 91.9 Å². The van der Waals surface area contributed by atoms with E-state index >= 15 is 0 Å². The van der Waals surface area contributed by atoms with Gasteiger partial charge in [0.2, 0.25) is 0 Å². The topological polar surface area (TPSA) is 30.5 Å². The van der Waals surface area contributed by atoms with E-state index in [9.17, 15) is 0 Å². The third-order valence-corrected chi connectivity index (χ3v) is 6.35. The first-order valence-electron chi connectivity index (χ1n) is 10.2. The molecule has 0 aliphatic heterocycles. The summed E-state index contributed by atoms with van der Waals surface area (Å²) in [4.78, 5) is 0. The largest absolute Gasteiger partial charge is 0.493 e. The SMILES string of the molecule is COc1cc(CN[C@H](C)CCc2ccccc2)cc(Br)c1OCc1ccc(Cl)c(Cl)c1. The minimum Gasteiger partial charge on any atom is -0.493 e. The number of benzene rings is 3. The van der Waals surface area contributed by atoms with Gasteiger partial charge in [0.05, 0.1) is 21.6 Å². The lowest BCUT2D eigenvalue weighted by Crippen LogP contribution is -2.26. The van der Waals surface area contributed by atoms with Gasteiger partial charge in [0.25, 0.3) is 0 Å². The Labute approximate surface area is 202 Å². The number of hydrogen-bond acceptors (Lipinski definition) is 3. The number of ether oxygens (including phenoxy) is 2. The van der Waals surface area contributed by atoms with Crippen molar-refractivity contribution >= 4 is 39.1 Å². The molecule has 3 aromatic rings. The molecule has 164 valence electrons. The summed E-state index contributed by atoms with van der Waals surface area (Å²) in [6.07, 6.45) is 2.14. The van der Waals surface area contributed by atoms with E-state index in [4.69, 9.17) is 32.7 Å². The van der Waals surface area contributed by atoms with E-state index in [-0.39, 0.29) is 0 Å². The molecule has 31 heavy (non-hydrogen) atoms. The summed E-state index contributed by atoms with van der Waals surface area (Å²) in [6, 6.07) is 20.5. The highest BCUT2D eigenvalue weighted by atomic mass is 79.9. The van der Waals surface area contributed by atoms with Crippen LogP contribution in [0.4, 0.5) is 0 Å². The van der Waals surface area contributed by atoms with Crippen molar-refractivity contribution in [1.29, 1.82) is 0 Å². The molecule has 0 fully saturated rings. The molecule has 0 bridgehead atoms. The van der Waals surface area contributed by atoms with Crippen molar-refractivity contribution in [1.82, 2.24) is 5.32 Å². The first-order valence-corrected chi connectivity index (χ1v) is 11.7. The van der Waals surface area contributed by atoms with Gasteiger partial charge in [0.15, 0.2) is 11.5 Å². The molecule has 0 amide bonds. The van der Waals surface area contributed by atoms with E-state index in [1.165, 1.54) is 5.56 Å². The number of nitrogens with one attached hydrogen (secondary N) is 1. The monoisotopic (exact) mass is 521 g/mol. The fourth-order valence-corrected chi connectivity index (χ4v) is 4.15. The third-order valence-electron chi connectivity index (χ3n) is 5.02. The Kier molecular flexibility index (Phi) is 9.09. The van der Waals surface area contributed by atoms with Crippen molar-refractivity contribution in [3.63, 3.8) is 0 Å². The van der Waals surface area contributed by atoms with Crippen LogP contribution in [-0.2, 0) is 19.6 Å². The standard InChI is InChI=1S/C25H26BrCl2NO2/c1-17(8-9-18-6-4-3-5-7-18)29-15-20-12-21(26)25(24(14-20)30-2)31-16-19-10-11-22(27)23(28)13-19/h3-7,10-14,17,29H,8-9,15-16H2,1-2H3/t17-/m1/s1. The number of rotatable bonds is 10. The van der Waals surface area contributed by atoms with Crippen LogP contribution >= 0.6 is 39.1 Å². The summed E-state index contributed by atoms with van der Waals surface area (Å²) in [5.74, 6) is 1.35. The molecule has 1 atom stereocenters. The van der Waals surface area contributed by atoms with Crippen molar-refractivity contribution in [2.75, 3.05) is 7.11 Å². The number of hydrogen-bond donors (Lipinski definition) is 1. The lowest BCUT2D eigenvalue weighted by Gasteiger charge is -2.17. The maximum absolute atomic E-state index is 6.10. The predicted molar refractivity (Wildman–Crippen MR) is 133 cm³/mol. The molecule has 0 aliphatic rings. The van der Waals surface area contributed by atoms with Crippen LogP contribution in [0.3, 0.4) is 0 Å². The van der Waals surface area contributed by atoms with Crippen LogP contribution in [0.1, 0.15) is 30.0 Å². The Morgan fingerprint density at radius 3 is 2.42 bits per heavy atom. The van der Waals surface area contributed by atoms with Crippen LogP contribution in [0, 0.1) is 0 Å². The second kappa shape index (κ2) is 11.8. The molecule has 3 aromatic carbocycles. The summed E-state index contributed by atoms with van der Waals surface area (Å²) in [5, 5.41) is 4.63. The highest BCUT2D eigenvalue weighted by Gasteiger charge is 2.13. The van der Waals surface area contributed by atoms with Gasteiger partial charge in [-0.2, -0.15) is 0 Å². The maximum Gasteiger partial charge on any atom is 0.175 e. The van der Waals surface area contributed by atoms with Gasteiger partial charge < -0.3 is 14.8 Å². The molecular weight excluding hydrogens is 497 g/mol. The summed E-state index contributed by atoms with van der Waals surface area (Å²) in [7, 11) is 1.65. The number of halogens is 3. The Balaban J connectivity index is 1.58. The zero-order chi connectivity index (χ0) is 22.2. The average molecular weight is 523 g/mol. The van der Waals surface area contributed by atoms with E-state index < -0.39 is 0 Å². The maximum atomic E-state index is 6.10. The highest BCUT2D eigenvalue weighted by Crippen LogP contribution is 2.37. The second-order valence-electron chi connectivity index (χ2n) is 7.45. The zero-order valence-corrected chi connectivity index (χ0v) is 20.7. The quantitative estimate of drug-likeness (QED) is 0.300. The fourth-order valence-electron chi connectivity index (χ4n) is 3.22. The van der Waals surface area contributed by atoms with Crippen molar-refractivity contribution in [3.8, 4) is 11.5 Å². The Hall–Kier alpha value is -1.72. The van der Waals surface area contributed by atoms with Gasteiger partial charge >= 0.3 is 0 Å². The zero-order valence-electron chi connectivity index (χ0n) is 17.6. The van der Waals surface area contributed by atoms with Crippen molar-refractivity contribution in [2.45, 2.75) is 39.0 Å². The molecule has 6 heteroatoms. The van der Waals surface area contributed by atoms with Crippen LogP contribution in [0.25, 0.3) is 0 Å². The Morgan fingerprint density at radius 1 is 0.935 bits per heavy atom. The summed E-state index contributed by atoms with van der Waals surface area (Å²) >= 11 is 15.7. The van der Waals surface area contributed by atoms with Crippen LogP contribution in [0.5, 0.6) is 11.5 Å². The van der Waals surface area contributed by atoms with Crippen LogP contribution in [0.15, 0.2) is 65.1 Å². The minimum atomic E-state index is 0.361. The van der Waals surface area contributed by atoms with E-state index in [2.05, 4.69) is 64.6 Å². The molecule has 3 nitrogen and oxygen atoms in total. The molecule has 1 N–H and O–H groups in total. The first-order chi connectivity index (χ1) is 15.0. The van der Waals surface area contributed by atoms with Gasteiger partial charge in [-0.25, -0.2) is 0 Å². The minimum absolute atomic E-state index is 0.361. The van der Waals surface area contributed by atoms with Gasteiger partial charge in [-0.3, -0.25) is 0 Å². The average Bonchev–Trinajstić information content (AvgIpc) is 2.78. The van der Waals surface area contributed by atoms with Crippen molar-refractivity contribution < 1.29 is 9.47 Å². The Morgan fingerprint density at radius 2 is 1.71 bits per heavy atom. The first kappa shape index (κ1) is 23.9. The number of methoxy groups -OCH3 is 1. The van der Waals surface area contributed by atoms with Gasteiger partial charge in [-0.1, -0.05) is 59.6 Å². The van der Waals surface area contributed by atoms with Gasteiger partial charge in [-0.05, 0) is 76.7 Å². The summed E-state index contributed by atoms with van der Waals surface area (Å²) < 4.78 is 12.4. The lowest BCUT2D eigenvalue weighted by molar-refractivity contribution is 0.282. The Bertz CT molecular complexity index is 998. The van der Waals surface area contributed by atoms with Crippen LogP contribution in [0.2, 0.25) is 10.0 Å². The second-order valence-corrected chi connectivity index (χ2v) is 9.12. The van der Waals surface area contributed by atoms with E-state index in [0.29, 0.717) is 34.2 Å². The lowest BCUT2D eigenvalue weighted by atomic mass is 10.1. The molecule has 0 aliphatic carbocycles. The summed E-state index contributed by atoms with van der Waals surface area (Å²) in [5.41, 5.74) is 3.42. The van der Waals surface area contributed by atoms with E-state index in [1.807, 2.05) is 12.1 Å². The van der Waals surface area contributed by atoms with Gasteiger partial charge in [0, 0.05) is 12.6 Å². The molecular formula is C25H26BrCl2NO2. The molecule has 0 saturated heterocycles. The molecule has 3 rings (SSSR count). The molecule has 0 saturated carbocycles. The third kappa shape index (κ3) is 7.15.